The fourth-order valence-electron chi connectivity index (χ4n) is 2.63. The van der Waals surface area contributed by atoms with Crippen molar-refractivity contribution in [1.29, 1.82) is 0 Å². The van der Waals surface area contributed by atoms with E-state index in [9.17, 15) is 5.11 Å². The maximum atomic E-state index is 10.5. The highest BCUT2D eigenvalue weighted by Crippen LogP contribution is 2.47. The predicted octanol–water partition coefficient (Wildman–Crippen LogP) is 1.42. The van der Waals surface area contributed by atoms with Crippen LogP contribution in [-0.2, 0) is 4.43 Å². The summed E-state index contributed by atoms with van der Waals surface area (Å²) in [5.41, 5.74) is 1.99. The molecule has 0 radical (unpaired) electrons. The Hall–Kier alpha value is -0.123. The van der Waals surface area contributed by atoms with Crippen molar-refractivity contribution in [2.45, 2.75) is 46.6 Å². The Morgan fingerprint density at radius 1 is 1.47 bits per heavy atom. The molecule has 1 N–H and O–H groups in total. The Morgan fingerprint density at radius 3 is 2.33 bits per heavy atom. The largest absolute Gasteiger partial charge is 0.425 e. The number of hydrogen-bond acceptors (Lipinski definition) is 2. The summed E-state index contributed by atoms with van der Waals surface area (Å²) in [6.45, 7) is 11.4. The molecule has 2 atom stereocenters. The van der Waals surface area contributed by atoms with E-state index in [-0.39, 0.29) is 5.41 Å². The summed E-state index contributed by atoms with van der Waals surface area (Å²) in [5.74, 6) is 0.472. The highest BCUT2D eigenvalue weighted by Gasteiger charge is 2.44. The zero-order valence-electron chi connectivity index (χ0n) is 10.8. The van der Waals surface area contributed by atoms with Gasteiger partial charge in [0.05, 0.1) is 6.61 Å². The van der Waals surface area contributed by atoms with E-state index in [4.69, 9.17) is 4.43 Å². The first-order valence-electron chi connectivity index (χ1n) is 5.61. The molecule has 1 aliphatic carbocycles. The van der Waals surface area contributed by atoms with Crippen LogP contribution in [-0.4, -0.2) is 27.8 Å². The second-order valence-corrected chi connectivity index (χ2v) is 6.47. The second-order valence-electron chi connectivity index (χ2n) is 5.90. The molecule has 0 fully saturated rings. The molecule has 0 aromatic rings. The molecular formula is C12H24O2Si. The summed E-state index contributed by atoms with van der Waals surface area (Å²) in [4.78, 5) is 0. The van der Waals surface area contributed by atoms with Crippen molar-refractivity contribution in [2.75, 3.05) is 6.61 Å². The molecular weight excluding hydrogens is 204 g/mol. The maximum absolute atomic E-state index is 10.5. The lowest BCUT2D eigenvalue weighted by atomic mass is 9.76. The summed E-state index contributed by atoms with van der Waals surface area (Å²) in [6.07, 6.45) is 0.816. The van der Waals surface area contributed by atoms with Crippen LogP contribution in [0.2, 0.25) is 0 Å². The molecule has 1 rings (SSSR count). The number of aliphatic hydroxyl groups is 1. The third-order valence-electron chi connectivity index (χ3n) is 3.78. The van der Waals surface area contributed by atoms with E-state index in [0.29, 0.717) is 23.0 Å². The number of hydrogen-bond donors (Lipinski definition) is 1. The zero-order chi connectivity index (χ0) is 11.9. The van der Waals surface area contributed by atoms with Gasteiger partial charge in [-0.2, -0.15) is 0 Å². The third-order valence-corrected chi connectivity index (χ3v) is 4.07. The van der Waals surface area contributed by atoms with Gasteiger partial charge in [0.2, 0.25) is 0 Å². The Kier molecular flexibility index (Phi) is 3.48. The van der Waals surface area contributed by atoms with Gasteiger partial charge in [-0.3, -0.25) is 0 Å². The van der Waals surface area contributed by atoms with Crippen LogP contribution in [0.1, 0.15) is 41.0 Å². The van der Waals surface area contributed by atoms with Gasteiger partial charge in [0.25, 0.3) is 0 Å². The van der Waals surface area contributed by atoms with Crippen LogP contribution in [0.5, 0.6) is 0 Å². The summed E-state index contributed by atoms with van der Waals surface area (Å²) in [5, 5.41) is 10.5. The van der Waals surface area contributed by atoms with E-state index in [1.807, 2.05) is 6.92 Å². The number of rotatable bonds is 2. The molecule has 0 aromatic heterocycles. The molecule has 1 aliphatic rings. The van der Waals surface area contributed by atoms with Gasteiger partial charge in [-0.15, -0.1) is 0 Å². The molecule has 0 amide bonds. The van der Waals surface area contributed by atoms with E-state index in [1.165, 1.54) is 5.57 Å². The minimum Gasteiger partial charge on any atom is -0.425 e. The van der Waals surface area contributed by atoms with Crippen molar-refractivity contribution < 1.29 is 9.53 Å². The zero-order valence-corrected chi connectivity index (χ0v) is 12.8. The average molecular weight is 228 g/mol. The fraction of sp³-hybridized carbons (Fsp3) is 0.833. The predicted molar refractivity (Wildman–Crippen MR) is 66.8 cm³/mol. The van der Waals surface area contributed by atoms with Gasteiger partial charge in [0.15, 0.2) is 0 Å². The molecule has 0 saturated heterocycles. The van der Waals surface area contributed by atoms with Gasteiger partial charge in [-0.25, -0.2) is 0 Å². The lowest BCUT2D eigenvalue weighted by Gasteiger charge is -2.31. The molecule has 2 nitrogen and oxygen atoms in total. The topological polar surface area (TPSA) is 29.5 Å². The van der Waals surface area contributed by atoms with Crippen LogP contribution < -0.4 is 0 Å². The third kappa shape index (κ3) is 2.35. The first-order chi connectivity index (χ1) is 6.72. The quantitative estimate of drug-likeness (QED) is 0.572. The summed E-state index contributed by atoms with van der Waals surface area (Å²) < 4.78 is 5.26. The summed E-state index contributed by atoms with van der Waals surface area (Å²) >= 11 is 0. The first kappa shape index (κ1) is 12.9. The molecule has 0 saturated carbocycles. The van der Waals surface area contributed by atoms with Crippen molar-refractivity contribution in [3.8, 4) is 0 Å². The van der Waals surface area contributed by atoms with Crippen molar-refractivity contribution in [1.82, 2.24) is 0 Å². The van der Waals surface area contributed by atoms with Gasteiger partial charge < -0.3 is 9.53 Å². The first-order valence-corrected chi connectivity index (χ1v) is 6.43. The van der Waals surface area contributed by atoms with Crippen LogP contribution in [0.4, 0.5) is 0 Å². The normalized spacial score (nSPS) is 32.8. The van der Waals surface area contributed by atoms with E-state index in [0.717, 1.165) is 12.0 Å². The van der Waals surface area contributed by atoms with Gasteiger partial charge in [-0.05, 0) is 37.2 Å². The van der Waals surface area contributed by atoms with Crippen molar-refractivity contribution in [3.63, 3.8) is 0 Å². The molecule has 0 bridgehead atoms. The van der Waals surface area contributed by atoms with E-state index in [1.54, 1.807) is 0 Å². The van der Waals surface area contributed by atoms with Crippen LogP contribution in [0, 0.1) is 11.3 Å². The standard InChI is InChI=1S/C12H24O2Si/c1-8-9(2)12(13,7-14-15)6-10(8)11(3,4)5/h10,13H,6-7H2,1-5,15H3/t10-,12-/m1/s1. The minimum atomic E-state index is -0.705. The molecule has 15 heavy (non-hydrogen) atoms. The molecule has 0 unspecified atom stereocenters. The Morgan fingerprint density at radius 2 is 2.00 bits per heavy atom. The SMILES string of the molecule is CC1=C(C)[C@](O)(CO[SiH3])C[C@H]1C(C)(C)C. The van der Waals surface area contributed by atoms with Gasteiger partial charge in [-0.1, -0.05) is 26.3 Å². The van der Waals surface area contributed by atoms with Crippen LogP contribution in [0.3, 0.4) is 0 Å². The lowest BCUT2D eigenvalue weighted by molar-refractivity contribution is 0.0151. The highest BCUT2D eigenvalue weighted by molar-refractivity contribution is 5.98. The lowest BCUT2D eigenvalue weighted by Crippen LogP contribution is -2.35. The van der Waals surface area contributed by atoms with Crippen LogP contribution >= 0.6 is 0 Å². The highest BCUT2D eigenvalue weighted by atomic mass is 28.2. The van der Waals surface area contributed by atoms with Crippen molar-refractivity contribution in [2.24, 2.45) is 11.3 Å². The molecule has 0 heterocycles. The smallest absolute Gasteiger partial charge is 0.146 e. The average Bonchev–Trinajstić information content (AvgIpc) is 2.30. The molecule has 0 aliphatic heterocycles. The van der Waals surface area contributed by atoms with E-state index in [2.05, 4.69) is 27.7 Å². The Labute approximate surface area is 96.3 Å². The Balaban J connectivity index is 2.97. The minimum absolute atomic E-state index is 0.223. The number of allylic oxidation sites excluding steroid dienone is 1. The molecule has 88 valence electrons. The monoisotopic (exact) mass is 228 g/mol. The van der Waals surface area contributed by atoms with Crippen LogP contribution in [0.15, 0.2) is 11.1 Å². The Bertz CT molecular complexity index is 278. The van der Waals surface area contributed by atoms with Crippen LogP contribution in [0.25, 0.3) is 0 Å². The van der Waals surface area contributed by atoms with E-state index >= 15 is 0 Å². The van der Waals surface area contributed by atoms with Gasteiger partial charge in [0, 0.05) is 0 Å². The second kappa shape index (κ2) is 4.04. The summed E-state index contributed by atoms with van der Waals surface area (Å²) in [6, 6.07) is 0. The molecule has 0 aromatic carbocycles. The van der Waals surface area contributed by atoms with Crippen molar-refractivity contribution >= 4 is 10.5 Å². The van der Waals surface area contributed by atoms with Gasteiger partial charge >= 0.3 is 0 Å². The summed E-state index contributed by atoms with van der Waals surface area (Å²) in [7, 11) is 0.691. The fourth-order valence-corrected chi connectivity index (χ4v) is 3.11. The molecule has 3 heteroatoms. The van der Waals surface area contributed by atoms with Gasteiger partial charge in [0.1, 0.15) is 16.1 Å². The molecule has 0 spiro atoms. The van der Waals surface area contributed by atoms with E-state index < -0.39 is 5.60 Å². The maximum Gasteiger partial charge on any atom is 0.146 e. The van der Waals surface area contributed by atoms with Crippen molar-refractivity contribution in [3.05, 3.63) is 11.1 Å².